The summed E-state index contributed by atoms with van der Waals surface area (Å²) < 4.78 is 11.2. The third-order valence-electron chi connectivity index (χ3n) is 4.43. The van der Waals surface area contributed by atoms with Crippen LogP contribution < -0.4 is 9.47 Å². The summed E-state index contributed by atoms with van der Waals surface area (Å²) in [6.45, 7) is 0.660. The van der Waals surface area contributed by atoms with E-state index in [1.807, 2.05) is 36.4 Å². The molecule has 0 spiro atoms. The minimum atomic E-state index is -0.967. The average molecular weight is 355 g/mol. The summed E-state index contributed by atoms with van der Waals surface area (Å²) >= 11 is 0. The highest BCUT2D eigenvalue weighted by Crippen LogP contribution is 2.30. The summed E-state index contributed by atoms with van der Waals surface area (Å²) in [7, 11) is 1.55. The molecule has 1 aliphatic heterocycles. The van der Waals surface area contributed by atoms with Crippen LogP contribution in [0.1, 0.15) is 24.0 Å². The van der Waals surface area contributed by atoms with Gasteiger partial charge in [-0.2, -0.15) is 0 Å². The summed E-state index contributed by atoms with van der Waals surface area (Å²) in [5, 5.41) is 9.26. The van der Waals surface area contributed by atoms with Gasteiger partial charge in [-0.05, 0) is 29.7 Å². The van der Waals surface area contributed by atoms with Crippen LogP contribution in [0.15, 0.2) is 48.5 Å². The molecule has 1 heterocycles. The fraction of sp³-hybridized carbons (Fsp3) is 0.300. The first-order valence-electron chi connectivity index (χ1n) is 8.44. The van der Waals surface area contributed by atoms with Crippen molar-refractivity contribution in [2.45, 2.75) is 32.0 Å². The highest BCUT2D eigenvalue weighted by molar-refractivity contribution is 5.87. The molecule has 2 aromatic carbocycles. The number of ether oxygens (including phenoxy) is 2. The Morgan fingerprint density at radius 3 is 2.62 bits per heavy atom. The molecule has 0 bridgehead atoms. The van der Waals surface area contributed by atoms with E-state index in [2.05, 4.69) is 0 Å². The molecule has 0 saturated carbocycles. The van der Waals surface area contributed by atoms with Crippen molar-refractivity contribution in [3.05, 3.63) is 59.7 Å². The van der Waals surface area contributed by atoms with Crippen molar-refractivity contribution in [1.29, 1.82) is 0 Å². The van der Waals surface area contributed by atoms with E-state index in [1.54, 1.807) is 19.2 Å². The molecule has 1 aliphatic rings. The molecule has 1 atom stereocenters. The van der Waals surface area contributed by atoms with Crippen molar-refractivity contribution in [1.82, 2.24) is 4.90 Å². The number of carbonyl (C=O) groups is 2. The van der Waals surface area contributed by atoms with Gasteiger partial charge in [-0.15, -0.1) is 0 Å². The number of likely N-dealkylation sites (tertiary alicyclic amines) is 1. The topological polar surface area (TPSA) is 76.1 Å². The van der Waals surface area contributed by atoms with Gasteiger partial charge < -0.3 is 19.5 Å². The Balaban J connectivity index is 1.72. The number of carbonyl (C=O) groups excluding carboxylic acids is 1. The molecule has 0 radical (unpaired) electrons. The molecule has 2 aromatic rings. The third kappa shape index (κ3) is 3.96. The molecular weight excluding hydrogens is 334 g/mol. The van der Waals surface area contributed by atoms with Crippen LogP contribution in [0, 0.1) is 0 Å². The fourth-order valence-corrected chi connectivity index (χ4v) is 3.05. The first-order valence-corrected chi connectivity index (χ1v) is 8.44. The summed E-state index contributed by atoms with van der Waals surface area (Å²) in [6.07, 6.45) is 0.621. The maximum absolute atomic E-state index is 12.0. The van der Waals surface area contributed by atoms with Crippen molar-refractivity contribution >= 4 is 11.9 Å². The van der Waals surface area contributed by atoms with Crippen molar-refractivity contribution in [2.24, 2.45) is 0 Å². The lowest BCUT2D eigenvalue weighted by molar-refractivity contribution is -0.146. The van der Waals surface area contributed by atoms with Crippen LogP contribution in [0.2, 0.25) is 0 Å². The van der Waals surface area contributed by atoms with E-state index in [0.717, 1.165) is 11.1 Å². The number of rotatable bonds is 7. The maximum Gasteiger partial charge on any atom is 0.326 e. The minimum Gasteiger partial charge on any atom is -0.493 e. The van der Waals surface area contributed by atoms with Gasteiger partial charge in [0.1, 0.15) is 12.6 Å². The van der Waals surface area contributed by atoms with Gasteiger partial charge in [-0.3, -0.25) is 4.79 Å². The molecule has 3 rings (SSSR count). The van der Waals surface area contributed by atoms with Crippen molar-refractivity contribution in [3.8, 4) is 11.5 Å². The van der Waals surface area contributed by atoms with Crippen molar-refractivity contribution in [2.75, 3.05) is 7.11 Å². The lowest BCUT2D eigenvalue weighted by Gasteiger charge is -2.22. The summed E-state index contributed by atoms with van der Waals surface area (Å²) in [5.41, 5.74) is 1.85. The van der Waals surface area contributed by atoms with E-state index < -0.39 is 12.0 Å². The third-order valence-corrected chi connectivity index (χ3v) is 4.43. The van der Waals surface area contributed by atoms with Crippen molar-refractivity contribution < 1.29 is 24.2 Å². The lowest BCUT2D eigenvalue weighted by Crippen LogP contribution is -2.37. The van der Waals surface area contributed by atoms with Crippen molar-refractivity contribution in [3.63, 3.8) is 0 Å². The van der Waals surface area contributed by atoms with E-state index in [1.165, 1.54) is 4.90 Å². The molecule has 26 heavy (non-hydrogen) atoms. The Hall–Kier alpha value is -3.02. The van der Waals surface area contributed by atoms with Gasteiger partial charge in [-0.25, -0.2) is 4.79 Å². The van der Waals surface area contributed by atoms with E-state index in [4.69, 9.17) is 9.47 Å². The number of methoxy groups -OCH3 is 1. The molecule has 6 nitrogen and oxygen atoms in total. The van der Waals surface area contributed by atoms with Crippen LogP contribution in [0.3, 0.4) is 0 Å². The second-order valence-corrected chi connectivity index (χ2v) is 6.17. The van der Waals surface area contributed by atoms with Gasteiger partial charge in [0.15, 0.2) is 11.5 Å². The SMILES string of the molecule is COc1cc(CN2C(=O)CCC2C(=O)O)ccc1OCc1ccccc1. The number of aliphatic carboxylic acids is 1. The van der Waals surface area contributed by atoms with Gasteiger partial charge in [0, 0.05) is 13.0 Å². The number of carboxylic acid groups (broad SMARTS) is 1. The number of amides is 1. The molecule has 6 heteroatoms. The molecule has 1 fully saturated rings. The Morgan fingerprint density at radius 2 is 1.92 bits per heavy atom. The number of carboxylic acids is 1. The second kappa shape index (κ2) is 7.91. The van der Waals surface area contributed by atoms with Crippen LogP contribution in [0.4, 0.5) is 0 Å². The quantitative estimate of drug-likeness (QED) is 0.826. The predicted molar refractivity (Wildman–Crippen MR) is 95.0 cm³/mol. The van der Waals surface area contributed by atoms with Crippen LogP contribution in [-0.4, -0.2) is 35.0 Å². The van der Waals surface area contributed by atoms with Gasteiger partial charge in [-0.1, -0.05) is 36.4 Å². The number of hydrogen-bond donors (Lipinski definition) is 1. The number of benzene rings is 2. The molecule has 136 valence electrons. The second-order valence-electron chi connectivity index (χ2n) is 6.17. The first-order chi connectivity index (χ1) is 12.6. The molecular formula is C20H21NO5. The Kier molecular flexibility index (Phi) is 5.41. The van der Waals surface area contributed by atoms with Crippen LogP contribution in [0.5, 0.6) is 11.5 Å². The summed E-state index contributed by atoms with van der Waals surface area (Å²) in [6, 6.07) is 14.4. The highest BCUT2D eigenvalue weighted by atomic mass is 16.5. The van der Waals surface area contributed by atoms with Gasteiger partial charge in [0.25, 0.3) is 0 Å². The maximum atomic E-state index is 12.0. The van der Waals surface area contributed by atoms with E-state index >= 15 is 0 Å². The minimum absolute atomic E-state index is 0.138. The number of nitrogens with zero attached hydrogens (tertiary/aromatic N) is 1. The Morgan fingerprint density at radius 1 is 1.15 bits per heavy atom. The molecule has 1 amide bonds. The van der Waals surface area contributed by atoms with E-state index in [9.17, 15) is 14.7 Å². The highest BCUT2D eigenvalue weighted by Gasteiger charge is 2.35. The zero-order valence-corrected chi connectivity index (χ0v) is 14.6. The molecule has 0 aliphatic carbocycles. The Labute approximate surface area is 152 Å². The average Bonchev–Trinajstić information content (AvgIpc) is 3.02. The summed E-state index contributed by atoms with van der Waals surface area (Å²) in [4.78, 5) is 24.7. The zero-order valence-electron chi connectivity index (χ0n) is 14.6. The largest absolute Gasteiger partial charge is 0.493 e. The first kappa shape index (κ1) is 17.8. The normalized spacial score (nSPS) is 16.6. The van der Waals surface area contributed by atoms with Gasteiger partial charge >= 0.3 is 5.97 Å². The van der Waals surface area contributed by atoms with Crippen LogP contribution in [-0.2, 0) is 22.7 Å². The van der Waals surface area contributed by atoms with Gasteiger partial charge in [0.05, 0.1) is 7.11 Å². The van der Waals surface area contributed by atoms with E-state index in [0.29, 0.717) is 24.5 Å². The van der Waals surface area contributed by atoms with Crippen LogP contribution in [0.25, 0.3) is 0 Å². The predicted octanol–water partition coefficient (Wildman–Crippen LogP) is 2.85. The summed E-state index contributed by atoms with van der Waals surface area (Å²) in [5.74, 6) is 0.0472. The standard InChI is InChI=1S/C20H21NO5/c1-25-18-11-15(12-21-16(20(23)24)8-10-19(21)22)7-9-17(18)26-13-14-5-3-2-4-6-14/h2-7,9,11,16H,8,10,12-13H2,1H3,(H,23,24). The monoisotopic (exact) mass is 355 g/mol. The lowest BCUT2D eigenvalue weighted by atomic mass is 10.1. The van der Waals surface area contributed by atoms with E-state index in [-0.39, 0.29) is 18.9 Å². The van der Waals surface area contributed by atoms with Crippen LogP contribution >= 0.6 is 0 Å². The molecule has 1 unspecified atom stereocenters. The Bertz CT molecular complexity index is 790. The fourth-order valence-electron chi connectivity index (χ4n) is 3.05. The van der Waals surface area contributed by atoms with Gasteiger partial charge in [0.2, 0.25) is 5.91 Å². The molecule has 0 aromatic heterocycles. The molecule has 1 N–H and O–H groups in total. The zero-order chi connectivity index (χ0) is 18.5. The smallest absolute Gasteiger partial charge is 0.326 e. The molecule has 1 saturated heterocycles. The number of hydrogen-bond acceptors (Lipinski definition) is 4.